The summed E-state index contributed by atoms with van der Waals surface area (Å²) < 4.78 is 7.61. The molecule has 0 saturated carbocycles. The van der Waals surface area contributed by atoms with Gasteiger partial charge in [-0.2, -0.15) is 0 Å². The van der Waals surface area contributed by atoms with Gasteiger partial charge in [0.2, 0.25) is 5.91 Å². The molecule has 0 radical (unpaired) electrons. The number of nitrogens with zero attached hydrogens (tertiary/aromatic N) is 3. The van der Waals surface area contributed by atoms with Crippen LogP contribution in [0.2, 0.25) is 0 Å². The number of aromatic nitrogens is 3. The van der Waals surface area contributed by atoms with E-state index in [4.69, 9.17) is 4.74 Å². The van der Waals surface area contributed by atoms with Crippen molar-refractivity contribution < 1.29 is 9.53 Å². The van der Waals surface area contributed by atoms with Crippen molar-refractivity contribution in [3.63, 3.8) is 0 Å². The van der Waals surface area contributed by atoms with Crippen LogP contribution in [0.4, 0.5) is 5.69 Å². The predicted octanol–water partition coefficient (Wildman–Crippen LogP) is 5.24. The van der Waals surface area contributed by atoms with Crippen LogP contribution in [-0.2, 0) is 17.8 Å². The second-order valence-electron chi connectivity index (χ2n) is 7.60. The highest BCUT2D eigenvalue weighted by Gasteiger charge is 2.18. The van der Waals surface area contributed by atoms with Crippen LogP contribution >= 0.6 is 11.8 Å². The van der Waals surface area contributed by atoms with Crippen molar-refractivity contribution in [3.05, 3.63) is 90.0 Å². The number of carbonyl (C=O) groups excluding carboxylic acids is 1. The molecule has 4 aromatic rings. The van der Waals surface area contributed by atoms with Gasteiger partial charge in [0.25, 0.3) is 0 Å². The van der Waals surface area contributed by atoms with Gasteiger partial charge >= 0.3 is 0 Å². The zero-order valence-corrected chi connectivity index (χ0v) is 19.5. The van der Waals surface area contributed by atoms with E-state index in [1.807, 2.05) is 73.7 Å². The maximum Gasteiger partial charge on any atom is 0.234 e. The molecule has 168 valence electrons. The minimum Gasteiger partial charge on any atom is -0.496 e. The number of nitrogens with one attached hydrogen (secondary N) is 1. The van der Waals surface area contributed by atoms with E-state index in [0.29, 0.717) is 11.7 Å². The number of thioether (sulfide) groups is 1. The van der Waals surface area contributed by atoms with Crippen LogP contribution in [-0.4, -0.2) is 33.5 Å². The summed E-state index contributed by atoms with van der Waals surface area (Å²) in [4.78, 5) is 12.5. The summed E-state index contributed by atoms with van der Waals surface area (Å²) in [5, 5.41) is 12.5. The molecule has 0 spiro atoms. The third kappa shape index (κ3) is 5.81. The molecule has 0 fully saturated rings. The van der Waals surface area contributed by atoms with Crippen molar-refractivity contribution in [2.75, 3.05) is 18.2 Å². The van der Waals surface area contributed by atoms with Crippen LogP contribution in [0.5, 0.6) is 5.75 Å². The minimum absolute atomic E-state index is 0.0831. The second-order valence-corrected chi connectivity index (χ2v) is 8.54. The smallest absolute Gasteiger partial charge is 0.234 e. The van der Waals surface area contributed by atoms with Crippen LogP contribution in [0, 0.1) is 6.92 Å². The van der Waals surface area contributed by atoms with E-state index in [1.165, 1.54) is 17.3 Å². The number of aryl methyl sites for hydroxylation is 2. The number of ether oxygens (including phenoxy) is 1. The van der Waals surface area contributed by atoms with Crippen molar-refractivity contribution in [2.24, 2.45) is 0 Å². The number of amides is 1. The van der Waals surface area contributed by atoms with Gasteiger partial charge in [-0.05, 0) is 43.2 Å². The average molecular weight is 459 g/mol. The zero-order valence-electron chi connectivity index (χ0n) is 18.7. The summed E-state index contributed by atoms with van der Waals surface area (Å²) in [6.07, 6.45) is 0.824. The number of carbonyl (C=O) groups is 1. The lowest BCUT2D eigenvalue weighted by molar-refractivity contribution is -0.113. The van der Waals surface area contributed by atoms with Crippen LogP contribution in [0.25, 0.3) is 11.4 Å². The summed E-state index contributed by atoms with van der Waals surface area (Å²) in [6.45, 7) is 2.70. The maximum absolute atomic E-state index is 12.5. The molecule has 1 amide bonds. The first-order chi connectivity index (χ1) is 16.1. The molecule has 7 heteroatoms. The molecule has 1 aromatic heterocycles. The summed E-state index contributed by atoms with van der Waals surface area (Å²) in [6, 6.07) is 25.8. The molecule has 0 aliphatic carbocycles. The van der Waals surface area contributed by atoms with Gasteiger partial charge in [-0.15, -0.1) is 10.2 Å². The van der Waals surface area contributed by atoms with Gasteiger partial charge in [0.1, 0.15) is 5.75 Å². The lowest BCUT2D eigenvalue weighted by Gasteiger charge is -2.12. The molecule has 1 heterocycles. The standard InChI is InChI=1S/C26H26N4O2S/c1-19-12-14-21(15-13-19)27-24(31)18-33-26-29-28-25(22-10-6-7-11-23(22)32-2)30(26)17-16-20-8-4-3-5-9-20/h3-15H,16-18H2,1-2H3,(H,27,31). The van der Waals surface area contributed by atoms with E-state index in [2.05, 4.69) is 32.2 Å². The fourth-order valence-electron chi connectivity index (χ4n) is 3.48. The second kappa shape index (κ2) is 10.8. The largest absolute Gasteiger partial charge is 0.496 e. The average Bonchev–Trinajstić information content (AvgIpc) is 3.26. The van der Waals surface area contributed by atoms with Crippen LogP contribution < -0.4 is 10.1 Å². The molecule has 6 nitrogen and oxygen atoms in total. The molecule has 33 heavy (non-hydrogen) atoms. The molecule has 0 bridgehead atoms. The summed E-state index contributed by atoms with van der Waals surface area (Å²) in [5.41, 5.74) is 4.03. The number of hydrogen-bond donors (Lipinski definition) is 1. The molecule has 0 saturated heterocycles. The number of methoxy groups -OCH3 is 1. The van der Waals surface area contributed by atoms with Gasteiger partial charge < -0.3 is 14.6 Å². The lowest BCUT2D eigenvalue weighted by Crippen LogP contribution is -2.15. The van der Waals surface area contributed by atoms with Crippen molar-refractivity contribution in [2.45, 2.75) is 25.0 Å². The number of anilines is 1. The fourth-order valence-corrected chi connectivity index (χ4v) is 4.24. The number of benzene rings is 3. The predicted molar refractivity (Wildman–Crippen MR) is 133 cm³/mol. The minimum atomic E-state index is -0.0831. The van der Waals surface area contributed by atoms with Gasteiger partial charge in [0.05, 0.1) is 18.4 Å². The highest BCUT2D eigenvalue weighted by Crippen LogP contribution is 2.31. The van der Waals surface area contributed by atoms with Crippen molar-refractivity contribution in [1.82, 2.24) is 14.8 Å². The van der Waals surface area contributed by atoms with E-state index < -0.39 is 0 Å². The molecule has 0 atom stereocenters. The third-order valence-electron chi connectivity index (χ3n) is 5.20. The molecule has 1 N–H and O–H groups in total. The van der Waals surface area contributed by atoms with Gasteiger partial charge in [-0.3, -0.25) is 4.79 Å². The number of rotatable bonds is 9. The Labute approximate surface area is 198 Å². The first-order valence-corrected chi connectivity index (χ1v) is 11.7. The Hall–Kier alpha value is -3.58. The van der Waals surface area contributed by atoms with Crippen molar-refractivity contribution in [1.29, 1.82) is 0 Å². The fraction of sp³-hybridized carbons (Fsp3) is 0.192. The monoisotopic (exact) mass is 458 g/mol. The lowest BCUT2D eigenvalue weighted by atomic mass is 10.1. The molecule has 0 aliphatic rings. The normalized spacial score (nSPS) is 10.7. The highest BCUT2D eigenvalue weighted by molar-refractivity contribution is 7.99. The Morgan fingerprint density at radius 1 is 0.970 bits per heavy atom. The number of para-hydroxylation sites is 1. The summed E-state index contributed by atoms with van der Waals surface area (Å²) >= 11 is 1.38. The maximum atomic E-state index is 12.5. The first-order valence-electron chi connectivity index (χ1n) is 10.7. The van der Waals surface area contributed by atoms with E-state index in [9.17, 15) is 4.79 Å². The molecule has 4 rings (SSSR count). The van der Waals surface area contributed by atoms with E-state index >= 15 is 0 Å². The topological polar surface area (TPSA) is 69.0 Å². The van der Waals surface area contributed by atoms with E-state index in [0.717, 1.165) is 34.8 Å². The van der Waals surface area contributed by atoms with Gasteiger partial charge in [-0.1, -0.05) is 71.9 Å². The van der Waals surface area contributed by atoms with Crippen LogP contribution in [0.3, 0.4) is 0 Å². The van der Waals surface area contributed by atoms with Gasteiger partial charge in [0, 0.05) is 12.2 Å². The highest BCUT2D eigenvalue weighted by atomic mass is 32.2. The van der Waals surface area contributed by atoms with E-state index in [1.54, 1.807) is 7.11 Å². The molecular weight excluding hydrogens is 432 g/mol. The zero-order chi connectivity index (χ0) is 23.0. The van der Waals surface area contributed by atoms with Gasteiger partial charge in [0.15, 0.2) is 11.0 Å². The summed E-state index contributed by atoms with van der Waals surface area (Å²) in [5.74, 6) is 1.62. The number of hydrogen-bond acceptors (Lipinski definition) is 5. The molecule has 3 aromatic carbocycles. The van der Waals surface area contributed by atoms with Gasteiger partial charge in [-0.25, -0.2) is 0 Å². The van der Waals surface area contributed by atoms with Crippen LogP contribution in [0.1, 0.15) is 11.1 Å². The Kier molecular flexibility index (Phi) is 7.42. The first kappa shape index (κ1) is 22.6. The molecular formula is C26H26N4O2S. The Bertz CT molecular complexity index is 1210. The quantitative estimate of drug-likeness (QED) is 0.348. The Morgan fingerprint density at radius 3 is 2.45 bits per heavy atom. The SMILES string of the molecule is COc1ccccc1-c1nnc(SCC(=O)Nc2ccc(C)cc2)n1CCc1ccccc1. The van der Waals surface area contributed by atoms with Crippen molar-refractivity contribution >= 4 is 23.4 Å². The molecule has 0 unspecified atom stereocenters. The summed E-state index contributed by atoms with van der Waals surface area (Å²) in [7, 11) is 1.65. The Balaban J connectivity index is 1.54. The third-order valence-corrected chi connectivity index (χ3v) is 6.17. The molecule has 0 aliphatic heterocycles. The Morgan fingerprint density at radius 2 is 1.70 bits per heavy atom. The van der Waals surface area contributed by atoms with Crippen LogP contribution in [0.15, 0.2) is 84.0 Å². The van der Waals surface area contributed by atoms with E-state index in [-0.39, 0.29) is 11.7 Å². The van der Waals surface area contributed by atoms with Crippen molar-refractivity contribution in [3.8, 4) is 17.1 Å².